The highest BCUT2D eigenvalue weighted by Gasteiger charge is 2.10. The molecule has 0 aromatic carbocycles. The summed E-state index contributed by atoms with van der Waals surface area (Å²) < 4.78 is 13.2. The van der Waals surface area contributed by atoms with Crippen LogP contribution in [0.5, 0.6) is 0 Å². The number of rotatable bonds is 5. The number of carbonyl (C=O) groups excluding carboxylic acids is 1. The molecule has 1 heterocycles. The largest absolute Gasteiger partial charge is 0.352 e. The van der Waals surface area contributed by atoms with Crippen molar-refractivity contribution in [2.45, 2.75) is 26.7 Å². The van der Waals surface area contributed by atoms with Gasteiger partial charge < -0.3 is 5.32 Å². The minimum atomic E-state index is -0.580. The molecule has 16 heavy (non-hydrogen) atoms. The fourth-order valence-corrected chi connectivity index (χ4v) is 1.37. The van der Waals surface area contributed by atoms with Gasteiger partial charge >= 0.3 is 0 Å². The molecule has 1 rings (SSSR count). The Labute approximate surface area is 95.1 Å². The van der Waals surface area contributed by atoms with Crippen LogP contribution in [-0.4, -0.2) is 17.4 Å². The first kappa shape index (κ1) is 12.6. The number of hydrogen-bond donors (Lipinski definition) is 1. The lowest BCUT2D eigenvalue weighted by Crippen LogP contribution is -2.25. The van der Waals surface area contributed by atoms with E-state index in [1.165, 1.54) is 12.3 Å². The molecule has 4 heteroatoms. The fourth-order valence-electron chi connectivity index (χ4n) is 1.37. The summed E-state index contributed by atoms with van der Waals surface area (Å²) in [6.45, 7) is 4.84. The minimum Gasteiger partial charge on any atom is -0.352 e. The van der Waals surface area contributed by atoms with Gasteiger partial charge in [-0.05, 0) is 24.8 Å². The van der Waals surface area contributed by atoms with Crippen LogP contribution in [0, 0.1) is 11.7 Å². The van der Waals surface area contributed by atoms with E-state index in [1.807, 2.05) is 0 Å². The van der Waals surface area contributed by atoms with Gasteiger partial charge in [0.15, 0.2) is 5.82 Å². The van der Waals surface area contributed by atoms with E-state index >= 15 is 0 Å². The summed E-state index contributed by atoms with van der Waals surface area (Å²) in [4.78, 5) is 15.1. The van der Waals surface area contributed by atoms with Gasteiger partial charge in [0.05, 0.1) is 11.8 Å². The zero-order chi connectivity index (χ0) is 12.0. The molecule has 0 radical (unpaired) electrons. The topological polar surface area (TPSA) is 42.0 Å². The van der Waals surface area contributed by atoms with Crippen LogP contribution in [0.2, 0.25) is 0 Å². The molecule has 1 aromatic rings. The molecule has 1 aromatic heterocycles. The maximum Gasteiger partial charge on any atom is 0.254 e. The van der Waals surface area contributed by atoms with Gasteiger partial charge in [-0.2, -0.15) is 0 Å². The van der Waals surface area contributed by atoms with Crippen LogP contribution in [0.25, 0.3) is 0 Å². The van der Waals surface area contributed by atoms with Crippen molar-refractivity contribution in [2.24, 2.45) is 5.92 Å². The number of pyridine rings is 1. The number of nitrogens with one attached hydrogen (secondary N) is 1. The Kier molecular flexibility index (Phi) is 4.89. The summed E-state index contributed by atoms with van der Waals surface area (Å²) in [5.74, 6) is -0.331. The summed E-state index contributed by atoms with van der Waals surface area (Å²) in [5, 5.41) is 2.69. The summed E-state index contributed by atoms with van der Waals surface area (Å²) in [6.07, 6.45) is 4.42. The molecule has 3 nitrogen and oxygen atoms in total. The average molecular weight is 224 g/mol. The van der Waals surface area contributed by atoms with Crippen molar-refractivity contribution in [1.82, 2.24) is 10.3 Å². The molecule has 0 atom stereocenters. The normalized spacial score (nSPS) is 10.5. The van der Waals surface area contributed by atoms with Gasteiger partial charge in [0.25, 0.3) is 5.91 Å². The Morgan fingerprint density at radius 3 is 2.94 bits per heavy atom. The molecule has 0 saturated carbocycles. The monoisotopic (exact) mass is 224 g/mol. The highest BCUT2D eigenvalue weighted by Crippen LogP contribution is 2.05. The molecular weight excluding hydrogens is 207 g/mol. The standard InChI is InChI=1S/C12H17FN2O/c1-9(2)4-3-6-15-12(16)10-5-7-14-8-11(10)13/h5,7-9H,3-4,6H2,1-2H3,(H,15,16). The highest BCUT2D eigenvalue weighted by molar-refractivity contribution is 5.94. The first-order valence-electron chi connectivity index (χ1n) is 5.49. The third kappa shape index (κ3) is 3.96. The van der Waals surface area contributed by atoms with Crippen LogP contribution < -0.4 is 5.32 Å². The second-order valence-corrected chi connectivity index (χ2v) is 4.15. The van der Waals surface area contributed by atoms with Gasteiger partial charge in [-0.1, -0.05) is 13.8 Å². The number of aromatic nitrogens is 1. The second-order valence-electron chi connectivity index (χ2n) is 4.15. The lowest BCUT2D eigenvalue weighted by molar-refractivity contribution is 0.0948. The van der Waals surface area contributed by atoms with Crippen molar-refractivity contribution < 1.29 is 9.18 Å². The quantitative estimate of drug-likeness (QED) is 0.780. The molecule has 1 amide bonds. The van der Waals surface area contributed by atoms with Gasteiger partial charge in [0.1, 0.15) is 0 Å². The summed E-state index contributed by atoms with van der Waals surface area (Å²) in [5.41, 5.74) is 0.0551. The molecule has 0 aliphatic carbocycles. The van der Waals surface area contributed by atoms with Crippen molar-refractivity contribution >= 4 is 5.91 Å². The molecule has 1 N–H and O–H groups in total. The number of carbonyl (C=O) groups is 1. The zero-order valence-corrected chi connectivity index (χ0v) is 9.66. The van der Waals surface area contributed by atoms with Crippen molar-refractivity contribution in [1.29, 1.82) is 0 Å². The SMILES string of the molecule is CC(C)CCCNC(=O)c1ccncc1F. The maximum absolute atomic E-state index is 13.2. The molecular formula is C12H17FN2O. The van der Waals surface area contributed by atoms with E-state index < -0.39 is 5.82 Å². The number of hydrogen-bond acceptors (Lipinski definition) is 2. The minimum absolute atomic E-state index is 0.0551. The molecule has 0 spiro atoms. The predicted octanol–water partition coefficient (Wildman–Crippen LogP) is 2.39. The first-order valence-corrected chi connectivity index (χ1v) is 5.49. The van der Waals surface area contributed by atoms with Gasteiger partial charge in [-0.25, -0.2) is 4.39 Å². The molecule has 0 fully saturated rings. The summed E-state index contributed by atoms with van der Waals surface area (Å²) >= 11 is 0. The zero-order valence-electron chi connectivity index (χ0n) is 9.66. The van der Waals surface area contributed by atoms with E-state index in [-0.39, 0.29) is 11.5 Å². The van der Waals surface area contributed by atoms with E-state index in [0.29, 0.717) is 12.5 Å². The van der Waals surface area contributed by atoms with Crippen molar-refractivity contribution in [2.75, 3.05) is 6.54 Å². The third-order valence-corrected chi connectivity index (χ3v) is 2.26. The summed E-state index contributed by atoms with van der Waals surface area (Å²) in [7, 11) is 0. The van der Waals surface area contributed by atoms with E-state index in [1.54, 1.807) is 0 Å². The number of halogens is 1. The molecule has 0 saturated heterocycles. The lowest BCUT2D eigenvalue weighted by atomic mass is 10.1. The van der Waals surface area contributed by atoms with E-state index in [2.05, 4.69) is 24.1 Å². The fraction of sp³-hybridized carbons (Fsp3) is 0.500. The van der Waals surface area contributed by atoms with Gasteiger partial charge in [0, 0.05) is 12.7 Å². The molecule has 0 aliphatic rings. The second kappa shape index (κ2) is 6.20. The van der Waals surface area contributed by atoms with Crippen LogP contribution in [0.4, 0.5) is 4.39 Å². The van der Waals surface area contributed by atoms with E-state index in [9.17, 15) is 9.18 Å². The van der Waals surface area contributed by atoms with Gasteiger partial charge in [-0.15, -0.1) is 0 Å². The van der Waals surface area contributed by atoms with Crippen LogP contribution in [0.3, 0.4) is 0 Å². The maximum atomic E-state index is 13.2. The Hall–Kier alpha value is -1.45. The Morgan fingerprint density at radius 2 is 2.31 bits per heavy atom. The van der Waals surface area contributed by atoms with Crippen LogP contribution in [0.15, 0.2) is 18.5 Å². The molecule has 88 valence electrons. The Bertz CT molecular complexity index is 353. The molecule has 0 bridgehead atoms. The highest BCUT2D eigenvalue weighted by atomic mass is 19.1. The smallest absolute Gasteiger partial charge is 0.254 e. The molecule has 0 aliphatic heterocycles. The third-order valence-electron chi connectivity index (χ3n) is 2.26. The van der Waals surface area contributed by atoms with Gasteiger partial charge in [0.2, 0.25) is 0 Å². The first-order chi connectivity index (χ1) is 7.61. The summed E-state index contributed by atoms with van der Waals surface area (Å²) in [6, 6.07) is 1.38. The van der Waals surface area contributed by atoms with E-state index in [4.69, 9.17) is 0 Å². The Balaban J connectivity index is 2.39. The van der Waals surface area contributed by atoms with Crippen LogP contribution in [-0.2, 0) is 0 Å². The average Bonchev–Trinajstić information content (AvgIpc) is 2.24. The van der Waals surface area contributed by atoms with E-state index in [0.717, 1.165) is 19.0 Å². The predicted molar refractivity (Wildman–Crippen MR) is 60.6 cm³/mol. The van der Waals surface area contributed by atoms with Crippen molar-refractivity contribution in [3.05, 3.63) is 29.8 Å². The van der Waals surface area contributed by atoms with Crippen molar-refractivity contribution in [3.8, 4) is 0 Å². The number of amides is 1. The number of nitrogens with zero attached hydrogens (tertiary/aromatic N) is 1. The van der Waals surface area contributed by atoms with Gasteiger partial charge in [-0.3, -0.25) is 9.78 Å². The van der Waals surface area contributed by atoms with Crippen LogP contribution in [0.1, 0.15) is 37.0 Å². The molecule has 0 unspecified atom stereocenters. The van der Waals surface area contributed by atoms with Crippen molar-refractivity contribution in [3.63, 3.8) is 0 Å². The Morgan fingerprint density at radius 1 is 1.56 bits per heavy atom. The van der Waals surface area contributed by atoms with Crippen LogP contribution >= 0.6 is 0 Å². The lowest BCUT2D eigenvalue weighted by Gasteiger charge is -2.07.